The maximum atomic E-state index is 12.5. The van der Waals surface area contributed by atoms with Crippen molar-refractivity contribution in [1.29, 1.82) is 5.26 Å². The van der Waals surface area contributed by atoms with Crippen LogP contribution < -0.4 is 5.32 Å². The summed E-state index contributed by atoms with van der Waals surface area (Å²) in [5.41, 5.74) is 0.921. The number of anilines is 1. The SMILES string of the molecule is CCN(CC)S(=O)(=O)c1ccc(C(=O)OC(C)C(=O)Nc2cccc(C#N)c2)cc1. The van der Waals surface area contributed by atoms with Gasteiger partial charge in [0.05, 0.1) is 22.1 Å². The van der Waals surface area contributed by atoms with Crippen molar-refractivity contribution in [3.05, 3.63) is 59.7 Å². The van der Waals surface area contributed by atoms with Crippen LogP contribution in [-0.4, -0.2) is 43.8 Å². The molecule has 0 aliphatic rings. The molecule has 1 unspecified atom stereocenters. The van der Waals surface area contributed by atoms with Crippen molar-refractivity contribution < 1.29 is 22.7 Å². The highest BCUT2D eigenvalue weighted by atomic mass is 32.2. The third-order valence-electron chi connectivity index (χ3n) is 4.35. The molecule has 0 fully saturated rings. The quantitative estimate of drug-likeness (QED) is 0.645. The Kier molecular flexibility index (Phi) is 7.69. The largest absolute Gasteiger partial charge is 0.449 e. The molecule has 158 valence electrons. The number of rotatable bonds is 8. The number of benzene rings is 2. The number of hydrogen-bond donors (Lipinski definition) is 1. The molecule has 0 aliphatic heterocycles. The number of carbonyl (C=O) groups is 2. The van der Waals surface area contributed by atoms with Gasteiger partial charge in [-0.15, -0.1) is 0 Å². The number of ether oxygens (including phenoxy) is 1. The number of nitriles is 1. The summed E-state index contributed by atoms with van der Waals surface area (Å²) in [5, 5.41) is 11.5. The Morgan fingerprint density at radius 2 is 1.77 bits per heavy atom. The van der Waals surface area contributed by atoms with E-state index in [1.165, 1.54) is 41.6 Å². The van der Waals surface area contributed by atoms with Crippen molar-refractivity contribution in [1.82, 2.24) is 4.31 Å². The number of amides is 1. The predicted octanol–water partition coefficient (Wildman–Crippen LogP) is 2.77. The van der Waals surface area contributed by atoms with Gasteiger partial charge in [0.25, 0.3) is 5.91 Å². The van der Waals surface area contributed by atoms with Gasteiger partial charge in [-0.1, -0.05) is 19.9 Å². The molecular formula is C21H23N3O5S. The molecule has 0 spiro atoms. The second-order valence-electron chi connectivity index (χ2n) is 6.34. The molecule has 1 N–H and O–H groups in total. The highest BCUT2D eigenvalue weighted by molar-refractivity contribution is 7.89. The summed E-state index contributed by atoms with van der Waals surface area (Å²) in [6.07, 6.45) is -1.10. The topological polar surface area (TPSA) is 117 Å². The molecule has 30 heavy (non-hydrogen) atoms. The minimum atomic E-state index is -3.63. The molecule has 0 aliphatic carbocycles. The molecule has 0 aromatic heterocycles. The maximum absolute atomic E-state index is 12.5. The fraction of sp³-hybridized carbons (Fsp3) is 0.286. The molecule has 2 aromatic carbocycles. The Hall–Kier alpha value is -3.22. The molecule has 9 heteroatoms. The summed E-state index contributed by atoms with van der Waals surface area (Å²) in [6.45, 7) is 5.59. The van der Waals surface area contributed by atoms with E-state index in [1.54, 1.807) is 32.0 Å². The minimum Gasteiger partial charge on any atom is -0.449 e. The molecule has 0 radical (unpaired) electrons. The maximum Gasteiger partial charge on any atom is 0.338 e. The number of nitrogens with one attached hydrogen (secondary N) is 1. The van der Waals surface area contributed by atoms with Gasteiger partial charge in [-0.25, -0.2) is 13.2 Å². The van der Waals surface area contributed by atoms with E-state index in [4.69, 9.17) is 10.00 Å². The van der Waals surface area contributed by atoms with Crippen molar-refractivity contribution in [3.63, 3.8) is 0 Å². The minimum absolute atomic E-state index is 0.0749. The lowest BCUT2D eigenvalue weighted by Gasteiger charge is -2.18. The standard InChI is InChI=1S/C21H23N3O5S/c1-4-24(5-2)30(27,28)19-11-9-17(10-12-19)21(26)29-15(3)20(25)23-18-8-6-7-16(13-18)14-22/h6-13,15H,4-5H2,1-3H3,(H,23,25). The van der Waals surface area contributed by atoms with Crippen LogP contribution in [0.1, 0.15) is 36.7 Å². The van der Waals surface area contributed by atoms with Gasteiger partial charge < -0.3 is 10.1 Å². The van der Waals surface area contributed by atoms with E-state index in [-0.39, 0.29) is 10.5 Å². The number of esters is 1. The first-order chi connectivity index (χ1) is 14.2. The monoisotopic (exact) mass is 429 g/mol. The average molecular weight is 429 g/mol. The van der Waals surface area contributed by atoms with Gasteiger partial charge >= 0.3 is 5.97 Å². The molecule has 2 aromatic rings. The zero-order valence-electron chi connectivity index (χ0n) is 17.0. The molecule has 8 nitrogen and oxygen atoms in total. The number of sulfonamides is 1. The van der Waals surface area contributed by atoms with E-state index in [1.807, 2.05) is 6.07 Å². The molecule has 2 rings (SSSR count). The van der Waals surface area contributed by atoms with Crippen molar-refractivity contribution in [2.45, 2.75) is 31.8 Å². The van der Waals surface area contributed by atoms with Gasteiger partial charge in [-0.3, -0.25) is 4.79 Å². The van der Waals surface area contributed by atoms with Gasteiger partial charge in [0, 0.05) is 18.8 Å². The Balaban J connectivity index is 2.04. The summed E-state index contributed by atoms with van der Waals surface area (Å²) >= 11 is 0. The zero-order chi connectivity index (χ0) is 22.3. The Morgan fingerprint density at radius 3 is 2.33 bits per heavy atom. The number of hydrogen-bond acceptors (Lipinski definition) is 6. The van der Waals surface area contributed by atoms with Crippen LogP contribution in [0.3, 0.4) is 0 Å². The van der Waals surface area contributed by atoms with Gasteiger partial charge in [-0.2, -0.15) is 9.57 Å². The van der Waals surface area contributed by atoms with Crippen LogP contribution in [-0.2, 0) is 19.6 Å². The summed E-state index contributed by atoms with van der Waals surface area (Å²) in [7, 11) is -3.63. The van der Waals surface area contributed by atoms with Gasteiger partial charge in [-0.05, 0) is 49.4 Å². The van der Waals surface area contributed by atoms with Crippen LogP contribution in [0.4, 0.5) is 5.69 Å². The Labute approximate surface area is 176 Å². The third-order valence-corrected chi connectivity index (χ3v) is 6.41. The summed E-state index contributed by atoms with van der Waals surface area (Å²) in [5.74, 6) is -1.31. The molecular weight excluding hydrogens is 406 g/mol. The molecule has 0 saturated heterocycles. The van der Waals surface area contributed by atoms with E-state index in [2.05, 4.69) is 5.32 Å². The molecule has 1 atom stereocenters. The second-order valence-corrected chi connectivity index (χ2v) is 8.28. The lowest BCUT2D eigenvalue weighted by atomic mass is 10.2. The molecule has 1 amide bonds. The first-order valence-corrected chi connectivity index (χ1v) is 10.8. The van der Waals surface area contributed by atoms with Gasteiger partial charge in [0.2, 0.25) is 10.0 Å². The van der Waals surface area contributed by atoms with Crippen LogP contribution in [0.2, 0.25) is 0 Å². The predicted molar refractivity (Wildman–Crippen MR) is 111 cm³/mol. The highest BCUT2D eigenvalue weighted by Gasteiger charge is 2.23. The first kappa shape index (κ1) is 23.1. The van der Waals surface area contributed by atoms with E-state index in [0.29, 0.717) is 24.3 Å². The van der Waals surface area contributed by atoms with E-state index >= 15 is 0 Å². The van der Waals surface area contributed by atoms with Gasteiger partial charge in [0.15, 0.2) is 6.10 Å². The van der Waals surface area contributed by atoms with Crippen LogP contribution in [0.25, 0.3) is 0 Å². The smallest absolute Gasteiger partial charge is 0.338 e. The summed E-state index contributed by atoms with van der Waals surface area (Å²) in [6, 6.07) is 13.7. The van der Waals surface area contributed by atoms with Crippen molar-refractivity contribution in [3.8, 4) is 6.07 Å². The zero-order valence-corrected chi connectivity index (χ0v) is 17.8. The fourth-order valence-electron chi connectivity index (χ4n) is 2.67. The van der Waals surface area contributed by atoms with Crippen LogP contribution in [0, 0.1) is 11.3 Å². The van der Waals surface area contributed by atoms with Crippen molar-refractivity contribution >= 4 is 27.6 Å². The van der Waals surface area contributed by atoms with Crippen LogP contribution >= 0.6 is 0 Å². The van der Waals surface area contributed by atoms with Crippen molar-refractivity contribution in [2.75, 3.05) is 18.4 Å². The molecule has 0 heterocycles. The molecule has 0 saturated carbocycles. The average Bonchev–Trinajstić information content (AvgIpc) is 2.74. The molecule has 0 bridgehead atoms. The summed E-state index contributed by atoms with van der Waals surface area (Å²) < 4.78 is 31.5. The normalized spacial score (nSPS) is 12.1. The van der Waals surface area contributed by atoms with E-state index < -0.39 is 28.0 Å². The lowest BCUT2D eigenvalue weighted by molar-refractivity contribution is -0.123. The van der Waals surface area contributed by atoms with Gasteiger partial charge in [0.1, 0.15) is 0 Å². The Bertz CT molecular complexity index is 1050. The number of carbonyl (C=O) groups excluding carboxylic acids is 2. The lowest BCUT2D eigenvalue weighted by Crippen LogP contribution is -2.31. The fourth-order valence-corrected chi connectivity index (χ4v) is 4.13. The first-order valence-electron chi connectivity index (χ1n) is 9.35. The van der Waals surface area contributed by atoms with E-state index in [0.717, 1.165) is 0 Å². The van der Waals surface area contributed by atoms with Crippen LogP contribution in [0.5, 0.6) is 0 Å². The highest BCUT2D eigenvalue weighted by Crippen LogP contribution is 2.17. The number of nitrogens with zero attached hydrogens (tertiary/aromatic N) is 2. The van der Waals surface area contributed by atoms with Crippen molar-refractivity contribution in [2.24, 2.45) is 0 Å². The van der Waals surface area contributed by atoms with Crippen LogP contribution in [0.15, 0.2) is 53.4 Å². The van der Waals surface area contributed by atoms with E-state index in [9.17, 15) is 18.0 Å². The third kappa shape index (κ3) is 5.43. The Morgan fingerprint density at radius 1 is 1.13 bits per heavy atom. The summed E-state index contributed by atoms with van der Waals surface area (Å²) in [4.78, 5) is 24.6. The second kappa shape index (κ2) is 10.0.